The number of aryl methyl sites for hydroxylation is 1. The van der Waals surface area contributed by atoms with E-state index in [0.29, 0.717) is 0 Å². The van der Waals surface area contributed by atoms with Crippen molar-refractivity contribution in [2.45, 2.75) is 25.6 Å². The lowest BCUT2D eigenvalue weighted by Gasteiger charge is -2.18. The normalized spacial score (nSPS) is 13.4. The predicted octanol–water partition coefficient (Wildman–Crippen LogP) is 4.78. The van der Waals surface area contributed by atoms with Gasteiger partial charge in [0.15, 0.2) is 0 Å². The van der Waals surface area contributed by atoms with Crippen LogP contribution in [0.3, 0.4) is 0 Å². The molecule has 0 amide bonds. The predicted molar refractivity (Wildman–Crippen MR) is 76.0 cm³/mol. The Morgan fingerprint density at radius 3 is 2.43 bits per heavy atom. The van der Waals surface area contributed by atoms with Crippen molar-refractivity contribution in [1.82, 2.24) is 5.32 Å². The highest BCUT2D eigenvalue weighted by molar-refractivity contribution is 7.12. The van der Waals surface area contributed by atoms with Crippen LogP contribution in [0.4, 0.5) is 17.6 Å². The van der Waals surface area contributed by atoms with Crippen molar-refractivity contribution < 1.29 is 17.6 Å². The van der Waals surface area contributed by atoms with Crippen LogP contribution in [0, 0.1) is 5.82 Å². The zero-order valence-corrected chi connectivity index (χ0v) is 12.4. The summed E-state index contributed by atoms with van der Waals surface area (Å²) in [7, 11) is 1.61. The summed E-state index contributed by atoms with van der Waals surface area (Å²) in [6.07, 6.45) is -3.85. The number of hydrogen-bond acceptors (Lipinski definition) is 2. The molecular weight excluding hydrogens is 302 g/mol. The first-order valence-corrected chi connectivity index (χ1v) is 7.31. The monoisotopic (exact) mass is 317 g/mol. The zero-order chi connectivity index (χ0) is 15.6. The van der Waals surface area contributed by atoms with Gasteiger partial charge in [-0.2, -0.15) is 13.2 Å². The van der Waals surface area contributed by atoms with Gasteiger partial charge in [0, 0.05) is 15.3 Å². The Kier molecular flexibility index (Phi) is 4.68. The summed E-state index contributed by atoms with van der Waals surface area (Å²) in [6, 6.07) is 6.53. The van der Waals surface area contributed by atoms with Gasteiger partial charge in [-0.25, -0.2) is 4.39 Å². The Hall–Kier alpha value is -1.40. The van der Waals surface area contributed by atoms with Crippen LogP contribution in [0.15, 0.2) is 30.3 Å². The van der Waals surface area contributed by atoms with Crippen LogP contribution in [0.5, 0.6) is 0 Å². The highest BCUT2D eigenvalue weighted by Gasteiger charge is 2.35. The van der Waals surface area contributed by atoms with Gasteiger partial charge in [0.25, 0.3) is 0 Å². The first-order valence-electron chi connectivity index (χ1n) is 6.50. The van der Waals surface area contributed by atoms with Crippen LogP contribution < -0.4 is 5.32 Å². The van der Waals surface area contributed by atoms with Gasteiger partial charge in [-0.3, -0.25) is 0 Å². The molecule has 21 heavy (non-hydrogen) atoms. The molecule has 0 radical (unpaired) electrons. The van der Waals surface area contributed by atoms with Crippen LogP contribution in [0.2, 0.25) is 0 Å². The smallest absolute Gasteiger partial charge is 0.309 e. The van der Waals surface area contributed by atoms with Crippen LogP contribution >= 0.6 is 11.3 Å². The average molecular weight is 317 g/mol. The van der Waals surface area contributed by atoms with Gasteiger partial charge < -0.3 is 5.32 Å². The third-order valence-corrected chi connectivity index (χ3v) is 4.54. The molecule has 1 N–H and O–H groups in total. The lowest BCUT2D eigenvalue weighted by molar-refractivity contribution is -0.140. The second-order valence-corrected chi connectivity index (χ2v) is 5.79. The van der Waals surface area contributed by atoms with E-state index in [9.17, 15) is 17.6 Å². The molecule has 0 aliphatic rings. The number of halogens is 4. The summed E-state index contributed by atoms with van der Waals surface area (Å²) >= 11 is 1.47. The van der Waals surface area contributed by atoms with E-state index >= 15 is 0 Å². The molecule has 6 heteroatoms. The molecule has 0 saturated heterocycles. The second kappa shape index (κ2) is 6.15. The molecule has 1 atom stereocenters. The average Bonchev–Trinajstić information content (AvgIpc) is 2.89. The Morgan fingerprint density at radius 2 is 1.90 bits per heavy atom. The largest absolute Gasteiger partial charge is 0.419 e. The molecule has 0 spiro atoms. The Bertz CT molecular complexity index is 618. The SMILES string of the molecule is CCc1ccc(C(NC)c2cccc(C(F)(F)F)c2F)s1. The maximum atomic E-state index is 14.2. The summed E-state index contributed by atoms with van der Waals surface area (Å²) in [6.45, 7) is 1.99. The number of thiophene rings is 1. The standard InChI is InChI=1S/C15H15F4NS/c1-3-9-7-8-12(21-9)14(20-2)10-5-4-6-11(13(10)16)15(17,18)19/h4-8,14,20H,3H2,1-2H3. The third-order valence-electron chi connectivity index (χ3n) is 3.25. The molecule has 0 bridgehead atoms. The molecule has 0 fully saturated rings. The van der Waals surface area contributed by atoms with Gasteiger partial charge in [-0.05, 0) is 31.7 Å². The van der Waals surface area contributed by atoms with Gasteiger partial charge in [0.05, 0.1) is 11.6 Å². The second-order valence-electron chi connectivity index (χ2n) is 4.59. The molecule has 1 unspecified atom stereocenters. The van der Waals surface area contributed by atoms with Gasteiger partial charge >= 0.3 is 6.18 Å². The topological polar surface area (TPSA) is 12.0 Å². The van der Waals surface area contributed by atoms with Crippen LogP contribution in [-0.2, 0) is 12.6 Å². The molecule has 1 nitrogen and oxygen atoms in total. The minimum absolute atomic E-state index is 0.0110. The number of nitrogens with one attached hydrogen (secondary N) is 1. The molecule has 1 aromatic heterocycles. The van der Waals surface area contributed by atoms with Crippen molar-refractivity contribution >= 4 is 11.3 Å². The molecule has 1 heterocycles. The Labute approximate surface area is 124 Å². The van der Waals surface area contributed by atoms with E-state index in [4.69, 9.17) is 0 Å². The fourth-order valence-corrected chi connectivity index (χ4v) is 3.26. The summed E-state index contributed by atoms with van der Waals surface area (Å²) in [4.78, 5) is 1.91. The molecular formula is C15H15F4NS. The summed E-state index contributed by atoms with van der Waals surface area (Å²) in [5.74, 6) is -1.21. The maximum Gasteiger partial charge on any atom is 0.419 e. The third kappa shape index (κ3) is 3.27. The molecule has 114 valence electrons. The van der Waals surface area contributed by atoms with Crippen molar-refractivity contribution in [2.24, 2.45) is 0 Å². The van der Waals surface area contributed by atoms with E-state index in [2.05, 4.69) is 5.32 Å². The van der Waals surface area contributed by atoms with E-state index in [0.717, 1.165) is 22.2 Å². The molecule has 0 aliphatic heterocycles. The fourth-order valence-electron chi connectivity index (χ4n) is 2.18. The van der Waals surface area contributed by atoms with Gasteiger partial charge in [0.2, 0.25) is 0 Å². The molecule has 0 aliphatic carbocycles. The van der Waals surface area contributed by atoms with Crippen molar-refractivity contribution in [1.29, 1.82) is 0 Å². The number of hydrogen-bond donors (Lipinski definition) is 1. The van der Waals surface area contributed by atoms with Gasteiger partial charge in [-0.1, -0.05) is 19.1 Å². The summed E-state index contributed by atoms with van der Waals surface area (Å²) in [5, 5.41) is 2.89. The van der Waals surface area contributed by atoms with Crippen molar-refractivity contribution in [3.8, 4) is 0 Å². The van der Waals surface area contributed by atoms with Crippen LogP contribution in [0.1, 0.15) is 33.8 Å². The zero-order valence-electron chi connectivity index (χ0n) is 11.6. The molecule has 2 rings (SSSR count). The quantitative estimate of drug-likeness (QED) is 0.800. The lowest BCUT2D eigenvalue weighted by atomic mass is 10.0. The minimum Gasteiger partial charge on any atom is -0.309 e. The minimum atomic E-state index is -4.69. The molecule has 0 saturated carbocycles. The number of alkyl halides is 3. The highest BCUT2D eigenvalue weighted by atomic mass is 32.1. The van der Waals surface area contributed by atoms with E-state index in [1.165, 1.54) is 23.5 Å². The summed E-state index contributed by atoms with van der Waals surface area (Å²) < 4.78 is 52.6. The first-order chi connectivity index (χ1) is 9.88. The Morgan fingerprint density at radius 1 is 1.19 bits per heavy atom. The maximum absolute atomic E-state index is 14.2. The summed E-state index contributed by atoms with van der Waals surface area (Å²) in [5.41, 5.74) is -1.22. The van der Waals surface area contributed by atoms with E-state index in [1.54, 1.807) is 7.05 Å². The number of rotatable bonds is 4. The van der Waals surface area contributed by atoms with Crippen LogP contribution in [-0.4, -0.2) is 7.05 Å². The van der Waals surface area contributed by atoms with Crippen LogP contribution in [0.25, 0.3) is 0 Å². The highest BCUT2D eigenvalue weighted by Crippen LogP contribution is 2.36. The van der Waals surface area contributed by atoms with E-state index in [-0.39, 0.29) is 5.56 Å². The Balaban J connectivity index is 2.48. The van der Waals surface area contributed by atoms with Crippen molar-refractivity contribution in [3.05, 3.63) is 57.0 Å². The molecule has 1 aromatic carbocycles. The first kappa shape index (κ1) is 16.0. The van der Waals surface area contributed by atoms with E-state index in [1.807, 2.05) is 19.1 Å². The van der Waals surface area contributed by atoms with Crippen molar-refractivity contribution in [3.63, 3.8) is 0 Å². The molecule has 2 aromatic rings. The fraction of sp³-hybridized carbons (Fsp3) is 0.333. The van der Waals surface area contributed by atoms with Gasteiger partial charge in [0.1, 0.15) is 5.82 Å². The van der Waals surface area contributed by atoms with Crippen molar-refractivity contribution in [2.75, 3.05) is 7.05 Å². The van der Waals surface area contributed by atoms with Gasteiger partial charge in [-0.15, -0.1) is 11.3 Å². The lowest BCUT2D eigenvalue weighted by Crippen LogP contribution is -2.20. The number of benzene rings is 1. The van der Waals surface area contributed by atoms with E-state index < -0.39 is 23.6 Å².